The van der Waals surface area contributed by atoms with Gasteiger partial charge in [-0.3, -0.25) is 9.59 Å². The Labute approximate surface area is 229 Å². The molecule has 0 saturated heterocycles. The Morgan fingerprint density at radius 1 is 1.17 bits per heavy atom. The summed E-state index contributed by atoms with van der Waals surface area (Å²) in [5, 5.41) is 5.28. The number of carbonyl (C=O) groups excluding carboxylic acids is 2. The van der Waals surface area contributed by atoms with Crippen LogP contribution in [0.25, 0.3) is 6.08 Å². The lowest BCUT2D eigenvalue weighted by Crippen LogP contribution is -2.49. The molecule has 36 heavy (non-hydrogen) atoms. The SMILES string of the molecule is COCCNC(=O)C1(NC(=O)c2ccc(/C=C/C(c3cc(Cl)c(Cl)c(Cl)c3)C(F)(F)F)cc2Br)CC1. The van der Waals surface area contributed by atoms with Crippen LogP contribution in [-0.4, -0.2) is 43.8 Å². The van der Waals surface area contributed by atoms with Gasteiger partial charge in [-0.2, -0.15) is 13.2 Å². The first-order chi connectivity index (χ1) is 16.9. The predicted molar refractivity (Wildman–Crippen MR) is 138 cm³/mol. The molecule has 0 radical (unpaired) electrons. The number of benzene rings is 2. The van der Waals surface area contributed by atoms with Gasteiger partial charge in [-0.25, -0.2) is 0 Å². The van der Waals surface area contributed by atoms with Gasteiger partial charge in [-0.15, -0.1) is 0 Å². The number of nitrogens with one attached hydrogen (secondary N) is 2. The second-order valence-corrected chi connectivity index (χ2v) is 10.2. The summed E-state index contributed by atoms with van der Waals surface area (Å²) < 4.78 is 46.6. The molecule has 1 aliphatic carbocycles. The molecule has 1 aliphatic rings. The Balaban J connectivity index is 1.76. The maximum Gasteiger partial charge on any atom is 0.399 e. The standard InChI is InChI=1S/C24H21BrCl3F3N2O3/c1-36-9-8-32-22(35)23(6-7-23)33-21(34)15-4-2-13(10-17(15)25)3-5-16(24(29,30)31)14-11-18(26)20(28)19(27)12-14/h2-5,10-12,16H,6-9H2,1H3,(H,32,35)(H,33,34)/b5-3+. The van der Waals surface area contributed by atoms with E-state index in [1.807, 2.05) is 0 Å². The number of hydrogen-bond acceptors (Lipinski definition) is 3. The number of halogens is 7. The van der Waals surface area contributed by atoms with Gasteiger partial charge in [0.2, 0.25) is 5.91 Å². The van der Waals surface area contributed by atoms with Crippen molar-refractivity contribution < 1.29 is 27.5 Å². The molecule has 0 spiro atoms. The molecule has 2 amide bonds. The van der Waals surface area contributed by atoms with Gasteiger partial charge < -0.3 is 15.4 Å². The van der Waals surface area contributed by atoms with Gasteiger partial charge in [-0.1, -0.05) is 53.0 Å². The third-order valence-corrected chi connectivity index (χ3v) is 7.42. The van der Waals surface area contributed by atoms with E-state index in [-0.39, 0.29) is 32.1 Å². The van der Waals surface area contributed by atoms with E-state index < -0.39 is 23.5 Å². The fourth-order valence-corrected chi connectivity index (χ4v) is 4.63. The summed E-state index contributed by atoms with van der Waals surface area (Å²) in [5.74, 6) is -2.75. The predicted octanol–water partition coefficient (Wildman–Crippen LogP) is 6.79. The molecule has 0 aliphatic heterocycles. The topological polar surface area (TPSA) is 67.4 Å². The molecule has 3 rings (SSSR count). The second-order valence-electron chi connectivity index (χ2n) is 8.20. The first-order valence-corrected chi connectivity index (χ1v) is 12.6. The van der Waals surface area contributed by atoms with Crippen molar-refractivity contribution in [1.29, 1.82) is 0 Å². The summed E-state index contributed by atoms with van der Waals surface area (Å²) in [7, 11) is 1.52. The molecule has 2 aromatic carbocycles. The van der Waals surface area contributed by atoms with Gasteiger partial charge in [0.05, 0.1) is 33.2 Å². The van der Waals surface area contributed by atoms with Gasteiger partial charge >= 0.3 is 6.18 Å². The van der Waals surface area contributed by atoms with Gasteiger partial charge in [-0.05, 0) is 64.2 Å². The van der Waals surface area contributed by atoms with E-state index in [0.717, 1.165) is 18.2 Å². The van der Waals surface area contributed by atoms with Crippen molar-refractivity contribution in [3.05, 3.63) is 72.6 Å². The molecular weight excluding hydrogens is 608 g/mol. The van der Waals surface area contributed by atoms with Crippen LogP contribution in [0.1, 0.15) is 40.2 Å². The molecule has 5 nitrogen and oxygen atoms in total. The minimum Gasteiger partial charge on any atom is -0.383 e. The van der Waals surface area contributed by atoms with Crippen molar-refractivity contribution in [1.82, 2.24) is 10.6 Å². The van der Waals surface area contributed by atoms with Crippen LogP contribution in [0.2, 0.25) is 15.1 Å². The van der Waals surface area contributed by atoms with Crippen molar-refractivity contribution in [3.8, 4) is 0 Å². The Kier molecular flexibility index (Phi) is 9.38. The van der Waals surface area contributed by atoms with Crippen molar-refractivity contribution in [3.63, 3.8) is 0 Å². The number of rotatable bonds is 9. The zero-order valence-electron chi connectivity index (χ0n) is 18.8. The molecule has 1 atom stereocenters. The number of carbonyl (C=O) groups is 2. The minimum absolute atomic E-state index is 0.0229. The zero-order valence-corrected chi connectivity index (χ0v) is 22.7. The first-order valence-electron chi connectivity index (χ1n) is 10.7. The van der Waals surface area contributed by atoms with Crippen LogP contribution in [0.3, 0.4) is 0 Å². The monoisotopic (exact) mass is 626 g/mol. The van der Waals surface area contributed by atoms with E-state index >= 15 is 0 Å². The Bertz CT molecular complexity index is 1160. The summed E-state index contributed by atoms with van der Waals surface area (Å²) >= 11 is 21.0. The van der Waals surface area contributed by atoms with E-state index in [9.17, 15) is 22.8 Å². The highest BCUT2D eigenvalue weighted by Gasteiger charge is 2.51. The number of hydrogen-bond donors (Lipinski definition) is 2. The molecule has 0 bridgehead atoms. The van der Waals surface area contributed by atoms with E-state index in [2.05, 4.69) is 26.6 Å². The molecule has 2 aromatic rings. The lowest BCUT2D eigenvalue weighted by atomic mass is 9.97. The van der Waals surface area contributed by atoms with Gasteiger partial charge in [0, 0.05) is 18.1 Å². The highest BCUT2D eigenvalue weighted by atomic mass is 79.9. The first kappa shape index (κ1) is 28.8. The van der Waals surface area contributed by atoms with E-state index in [1.54, 1.807) is 0 Å². The summed E-state index contributed by atoms with van der Waals surface area (Å²) in [4.78, 5) is 25.2. The third-order valence-electron chi connectivity index (χ3n) is 5.57. The van der Waals surface area contributed by atoms with Crippen LogP contribution in [0.5, 0.6) is 0 Å². The lowest BCUT2D eigenvalue weighted by molar-refractivity contribution is -0.139. The Morgan fingerprint density at radius 2 is 1.81 bits per heavy atom. The van der Waals surface area contributed by atoms with E-state index in [4.69, 9.17) is 39.5 Å². The van der Waals surface area contributed by atoms with Crippen molar-refractivity contribution >= 4 is 68.6 Å². The van der Waals surface area contributed by atoms with Crippen LogP contribution in [0.4, 0.5) is 13.2 Å². The summed E-state index contributed by atoms with van der Waals surface area (Å²) in [6.07, 6.45) is -1.34. The van der Waals surface area contributed by atoms with Gasteiger partial charge in [0.25, 0.3) is 5.91 Å². The van der Waals surface area contributed by atoms with Crippen LogP contribution in [-0.2, 0) is 9.53 Å². The molecule has 194 valence electrons. The molecule has 1 fully saturated rings. The highest BCUT2D eigenvalue weighted by molar-refractivity contribution is 9.10. The highest BCUT2D eigenvalue weighted by Crippen LogP contribution is 2.41. The fourth-order valence-electron chi connectivity index (χ4n) is 3.44. The van der Waals surface area contributed by atoms with Crippen LogP contribution < -0.4 is 10.6 Å². The lowest BCUT2D eigenvalue weighted by Gasteiger charge is -2.19. The van der Waals surface area contributed by atoms with E-state index in [0.29, 0.717) is 36.0 Å². The smallest absolute Gasteiger partial charge is 0.383 e. The van der Waals surface area contributed by atoms with Crippen LogP contribution in [0, 0.1) is 0 Å². The Morgan fingerprint density at radius 3 is 2.33 bits per heavy atom. The number of alkyl halides is 3. The number of ether oxygens (including phenoxy) is 1. The summed E-state index contributed by atoms with van der Waals surface area (Å²) in [6, 6.07) is 6.74. The number of allylic oxidation sites excluding steroid dienone is 1. The maximum atomic E-state index is 13.8. The maximum absolute atomic E-state index is 13.8. The fraction of sp³-hybridized carbons (Fsp3) is 0.333. The second kappa shape index (κ2) is 11.7. The van der Waals surface area contributed by atoms with Crippen molar-refractivity contribution in [2.24, 2.45) is 0 Å². The molecule has 2 N–H and O–H groups in total. The molecule has 1 unspecified atom stereocenters. The third kappa shape index (κ3) is 6.95. The minimum atomic E-state index is -4.61. The molecular formula is C24H21BrCl3F3N2O3. The number of methoxy groups -OCH3 is 1. The quantitative estimate of drug-likeness (QED) is 0.237. The van der Waals surface area contributed by atoms with Crippen molar-refractivity contribution in [2.75, 3.05) is 20.3 Å². The number of amides is 2. The van der Waals surface area contributed by atoms with Crippen LogP contribution >= 0.6 is 50.7 Å². The van der Waals surface area contributed by atoms with Gasteiger partial charge in [0.15, 0.2) is 0 Å². The summed E-state index contributed by atoms with van der Waals surface area (Å²) in [5.41, 5.74) is -0.472. The molecule has 12 heteroatoms. The van der Waals surface area contributed by atoms with Gasteiger partial charge in [0.1, 0.15) is 5.54 Å². The largest absolute Gasteiger partial charge is 0.399 e. The average molecular weight is 629 g/mol. The molecule has 1 saturated carbocycles. The molecule has 0 aromatic heterocycles. The molecule has 0 heterocycles. The van der Waals surface area contributed by atoms with Crippen LogP contribution in [0.15, 0.2) is 40.9 Å². The summed E-state index contributed by atoms with van der Waals surface area (Å²) in [6.45, 7) is 0.675. The zero-order chi connectivity index (χ0) is 26.7. The van der Waals surface area contributed by atoms with E-state index in [1.165, 1.54) is 31.4 Å². The Hall–Kier alpha value is -1.78. The van der Waals surface area contributed by atoms with Crippen molar-refractivity contribution in [2.45, 2.75) is 30.5 Å². The average Bonchev–Trinajstić information content (AvgIpc) is 3.57. The normalized spacial score (nSPS) is 15.6.